The van der Waals surface area contributed by atoms with Crippen molar-refractivity contribution in [3.8, 4) is 11.1 Å². The van der Waals surface area contributed by atoms with Crippen molar-refractivity contribution in [1.29, 1.82) is 0 Å². The van der Waals surface area contributed by atoms with Crippen LogP contribution in [0, 0.1) is 6.92 Å². The molecular weight excluding hydrogens is 725 g/mol. The molecule has 0 aliphatic heterocycles. The van der Waals surface area contributed by atoms with Gasteiger partial charge in [-0.1, -0.05) is 166 Å². The largest absolute Gasteiger partial charge is 0.334 e. The molecule has 2 heteroatoms. The van der Waals surface area contributed by atoms with Gasteiger partial charge < -0.3 is 4.90 Å². The van der Waals surface area contributed by atoms with Crippen LogP contribution >= 0.6 is 0 Å². The van der Waals surface area contributed by atoms with Crippen molar-refractivity contribution in [1.82, 2.24) is 0 Å². The van der Waals surface area contributed by atoms with Crippen LogP contribution in [0.5, 0.6) is 0 Å². The molecule has 3 aliphatic rings. The Balaban J connectivity index is 0.000000680. The molecular formula is C58H66N2. The topological polar surface area (TPSA) is 15.6 Å². The van der Waals surface area contributed by atoms with Gasteiger partial charge in [0.25, 0.3) is 0 Å². The van der Waals surface area contributed by atoms with E-state index in [9.17, 15) is 0 Å². The van der Waals surface area contributed by atoms with Gasteiger partial charge in [0.05, 0.1) is 11.7 Å². The van der Waals surface area contributed by atoms with Crippen LogP contribution in [0.25, 0.3) is 29.0 Å². The number of benzene rings is 4. The van der Waals surface area contributed by atoms with Gasteiger partial charge in [-0.2, -0.15) is 0 Å². The maximum atomic E-state index is 4.98. The van der Waals surface area contributed by atoms with Crippen molar-refractivity contribution in [2.45, 2.75) is 99.5 Å². The Bertz CT molecular complexity index is 2470. The highest BCUT2D eigenvalue weighted by atomic mass is 15.2. The number of allylic oxidation sites excluding steroid dienone is 12. The molecule has 0 heterocycles. The zero-order valence-electron chi connectivity index (χ0n) is 37.5. The van der Waals surface area contributed by atoms with Gasteiger partial charge in [0, 0.05) is 22.3 Å². The predicted molar refractivity (Wildman–Crippen MR) is 266 cm³/mol. The summed E-state index contributed by atoms with van der Waals surface area (Å²) < 4.78 is 0. The molecule has 1 unspecified atom stereocenters. The molecule has 0 saturated heterocycles. The van der Waals surface area contributed by atoms with Gasteiger partial charge in [-0.3, -0.25) is 4.99 Å². The minimum absolute atomic E-state index is 0.113. The molecule has 0 radical (unpaired) electrons. The van der Waals surface area contributed by atoms with Gasteiger partial charge >= 0.3 is 0 Å². The lowest BCUT2D eigenvalue weighted by Crippen LogP contribution is -2.39. The highest BCUT2D eigenvalue weighted by Crippen LogP contribution is 2.45. The lowest BCUT2D eigenvalue weighted by Gasteiger charge is -2.34. The van der Waals surface area contributed by atoms with Gasteiger partial charge in [-0.25, -0.2) is 0 Å². The first-order valence-corrected chi connectivity index (χ1v) is 21.9. The van der Waals surface area contributed by atoms with E-state index < -0.39 is 0 Å². The lowest BCUT2D eigenvalue weighted by atomic mass is 9.90. The molecule has 0 spiro atoms. The van der Waals surface area contributed by atoms with Crippen LogP contribution in [0.3, 0.4) is 0 Å². The minimum atomic E-state index is 0.113. The molecule has 4 aromatic carbocycles. The summed E-state index contributed by atoms with van der Waals surface area (Å²) >= 11 is 0. The summed E-state index contributed by atoms with van der Waals surface area (Å²) in [5.41, 5.74) is 15.9. The standard InChI is InChI=1S/C49H50N2.C7H10.C2H6/c1-8-15-34(4)44(10-3)46-32-27-41(33-47(46)40-21-22-40)39-25-30-43(31-26-39)51(49(16-9-2)45-19-13-11-17-35(45)5)42-28-23-38(24-29-42)37(7)50-48-20-14-12-18-36(48)6;1-7-5-3-2-4-6-7;1-2/h8-20,23-28,30-33,40,42H,3,5,21-22,29H2,1-2,4,6-7H3;2-3,5H,4,6H2,1H3;1-2H3/b15-8-,16-9-,44-34+,49-45+,50-37?;;. The first-order valence-electron chi connectivity index (χ1n) is 21.9. The summed E-state index contributed by atoms with van der Waals surface area (Å²) in [4.78, 5) is 7.45. The Morgan fingerprint density at radius 1 is 0.833 bits per heavy atom. The van der Waals surface area contributed by atoms with Crippen molar-refractivity contribution in [2.75, 3.05) is 4.90 Å². The molecule has 60 heavy (non-hydrogen) atoms. The molecule has 4 aromatic rings. The second kappa shape index (κ2) is 22.4. The highest BCUT2D eigenvalue weighted by molar-refractivity contribution is 6.02. The fourth-order valence-electron chi connectivity index (χ4n) is 7.82. The van der Waals surface area contributed by atoms with Crippen molar-refractivity contribution in [3.63, 3.8) is 0 Å². The predicted octanol–water partition coefficient (Wildman–Crippen LogP) is 15.0. The van der Waals surface area contributed by atoms with Crippen LogP contribution in [0.2, 0.25) is 0 Å². The molecule has 0 N–H and O–H groups in total. The van der Waals surface area contributed by atoms with E-state index in [2.05, 4.69) is 205 Å². The third-order valence-corrected chi connectivity index (χ3v) is 11.2. The summed E-state index contributed by atoms with van der Waals surface area (Å²) in [6.45, 7) is 25.3. The van der Waals surface area contributed by atoms with Gasteiger partial charge in [-0.05, 0) is 154 Å². The molecule has 3 aliphatic carbocycles. The van der Waals surface area contributed by atoms with Crippen molar-refractivity contribution in [3.05, 3.63) is 208 Å². The Morgan fingerprint density at radius 2 is 1.53 bits per heavy atom. The summed E-state index contributed by atoms with van der Waals surface area (Å²) in [7, 11) is 0. The lowest BCUT2D eigenvalue weighted by molar-refractivity contribution is 0.786. The monoisotopic (exact) mass is 791 g/mol. The van der Waals surface area contributed by atoms with E-state index in [1.54, 1.807) is 0 Å². The fourth-order valence-corrected chi connectivity index (χ4v) is 7.82. The number of hydrogen-bond donors (Lipinski definition) is 0. The fraction of sp³-hybridized carbons (Fsp3) is 0.259. The van der Waals surface area contributed by atoms with Crippen LogP contribution in [-0.4, -0.2) is 11.8 Å². The molecule has 2 nitrogen and oxygen atoms in total. The van der Waals surface area contributed by atoms with Crippen LogP contribution in [0.4, 0.5) is 11.4 Å². The molecule has 1 atom stereocenters. The summed E-state index contributed by atoms with van der Waals surface area (Å²) in [6.07, 6.45) is 29.9. The third-order valence-electron chi connectivity index (χ3n) is 11.2. The zero-order chi connectivity index (χ0) is 43.0. The van der Waals surface area contributed by atoms with Crippen LogP contribution < -0.4 is 15.3 Å². The number of nitrogens with zero attached hydrogens (tertiary/aromatic N) is 2. The minimum Gasteiger partial charge on any atom is -0.334 e. The Labute approximate surface area is 362 Å². The molecule has 308 valence electrons. The normalized spacial score (nSPS) is 17.1. The average molecular weight is 791 g/mol. The quantitative estimate of drug-likeness (QED) is 0.109. The van der Waals surface area contributed by atoms with Gasteiger partial charge in [-0.15, -0.1) is 0 Å². The number of para-hydroxylation sites is 1. The van der Waals surface area contributed by atoms with Gasteiger partial charge in [0.2, 0.25) is 0 Å². The van der Waals surface area contributed by atoms with Gasteiger partial charge in [0.1, 0.15) is 0 Å². The van der Waals surface area contributed by atoms with E-state index in [1.165, 1.54) is 75.8 Å². The number of hydrogen-bond acceptors (Lipinski definition) is 2. The molecule has 1 fully saturated rings. The van der Waals surface area contributed by atoms with Crippen LogP contribution in [0.15, 0.2) is 186 Å². The number of anilines is 1. The van der Waals surface area contributed by atoms with Crippen molar-refractivity contribution < 1.29 is 0 Å². The third kappa shape index (κ3) is 11.6. The van der Waals surface area contributed by atoms with E-state index in [4.69, 9.17) is 4.99 Å². The molecule has 0 aromatic heterocycles. The first-order chi connectivity index (χ1) is 29.2. The van der Waals surface area contributed by atoms with Crippen LogP contribution in [-0.2, 0) is 0 Å². The van der Waals surface area contributed by atoms with Gasteiger partial charge in [0.15, 0.2) is 0 Å². The second-order valence-corrected chi connectivity index (χ2v) is 15.6. The van der Waals surface area contributed by atoms with Crippen molar-refractivity contribution >= 4 is 34.9 Å². The van der Waals surface area contributed by atoms with Crippen molar-refractivity contribution in [2.24, 2.45) is 4.99 Å². The maximum absolute atomic E-state index is 4.98. The van der Waals surface area contributed by atoms with E-state index in [1.807, 2.05) is 26.0 Å². The van der Waals surface area contributed by atoms with Crippen LogP contribution in [0.1, 0.15) is 103 Å². The smallest absolute Gasteiger partial charge is 0.0662 e. The van der Waals surface area contributed by atoms with E-state index in [-0.39, 0.29) is 6.04 Å². The second-order valence-electron chi connectivity index (χ2n) is 15.6. The summed E-state index contributed by atoms with van der Waals surface area (Å²) in [5, 5.41) is 2.14. The van der Waals surface area contributed by atoms with E-state index in [0.717, 1.165) is 39.6 Å². The highest BCUT2D eigenvalue weighted by Gasteiger charge is 2.28. The Kier molecular flexibility index (Phi) is 16.8. The average Bonchev–Trinajstić information content (AvgIpc) is 4.13. The zero-order valence-corrected chi connectivity index (χ0v) is 37.5. The summed E-state index contributed by atoms with van der Waals surface area (Å²) in [5.74, 6) is 0.616. The first kappa shape index (κ1) is 45.1. The number of aryl methyl sites for hydroxylation is 1. The summed E-state index contributed by atoms with van der Waals surface area (Å²) in [6, 6.07) is 32.9. The maximum Gasteiger partial charge on any atom is 0.0662 e. The van der Waals surface area contributed by atoms with E-state index >= 15 is 0 Å². The SMILES string of the molecule is C=C/C(=C(C)\C=C/C)c1ccc(-c2ccc(N(C(/C=C\C)=c3\ccccc3=C)C3C=CC(C(C)=Nc4ccccc4C)=CC3)cc2)cc1C1CC1.CC.CC1=CC=CCC1. The van der Waals surface area contributed by atoms with E-state index in [0.29, 0.717) is 5.92 Å². The molecule has 0 bridgehead atoms. The molecule has 0 amide bonds. The number of rotatable bonds is 11. The Hall–Kier alpha value is -5.99. The molecule has 1 saturated carbocycles. The molecule has 7 rings (SSSR count). The Morgan fingerprint density at radius 3 is 2.12 bits per heavy atom. The number of aliphatic imine (C=N–C) groups is 1.